The standard InChI is InChI=1S/C16H28N2O2/c1-5-17-16(13-18(2)10-7-11-19-3)14-8-6-9-15(12-14)20-4/h6,8-9,12,16-17H,5,7,10-11,13H2,1-4H3. The first-order valence-electron chi connectivity index (χ1n) is 7.26. The third-order valence-electron chi connectivity index (χ3n) is 3.33. The second kappa shape index (κ2) is 9.75. The van der Waals surface area contributed by atoms with E-state index in [0.29, 0.717) is 6.04 Å². The molecule has 4 heteroatoms. The molecule has 1 atom stereocenters. The fraction of sp³-hybridized carbons (Fsp3) is 0.625. The maximum absolute atomic E-state index is 5.31. The van der Waals surface area contributed by atoms with E-state index in [9.17, 15) is 0 Å². The monoisotopic (exact) mass is 280 g/mol. The molecule has 4 nitrogen and oxygen atoms in total. The van der Waals surface area contributed by atoms with Crippen molar-refractivity contribution >= 4 is 0 Å². The normalized spacial score (nSPS) is 12.7. The zero-order chi connectivity index (χ0) is 14.8. The Balaban J connectivity index is 2.62. The zero-order valence-electron chi connectivity index (χ0n) is 13.2. The van der Waals surface area contributed by atoms with Gasteiger partial charge in [0, 0.05) is 32.8 Å². The Hall–Kier alpha value is -1.10. The molecule has 1 unspecified atom stereocenters. The van der Waals surface area contributed by atoms with Gasteiger partial charge in [-0.15, -0.1) is 0 Å². The molecular formula is C16H28N2O2. The van der Waals surface area contributed by atoms with E-state index < -0.39 is 0 Å². The maximum Gasteiger partial charge on any atom is 0.119 e. The van der Waals surface area contributed by atoms with Gasteiger partial charge in [-0.05, 0) is 37.7 Å². The average Bonchev–Trinajstić information content (AvgIpc) is 2.47. The lowest BCUT2D eigenvalue weighted by Crippen LogP contribution is -2.33. The van der Waals surface area contributed by atoms with Crippen LogP contribution in [0.1, 0.15) is 24.9 Å². The van der Waals surface area contributed by atoms with Gasteiger partial charge in [-0.2, -0.15) is 0 Å². The van der Waals surface area contributed by atoms with E-state index >= 15 is 0 Å². The number of hydrogen-bond acceptors (Lipinski definition) is 4. The highest BCUT2D eigenvalue weighted by atomic mass is 16.5. The SMILES string of the molecule is CCNC(CN(C)CCCOC)c1cccc(OC)c1. The fourth-order valence-corrected chi connectivity index (χ4v) is 2.27. The van der Waals surface area contributed by atoms with Gasteiger partial charge in [0.1, 0.15) is 5.75 Å². The van der Waals surface area contributed by atoms with Crippen molar-refractivity contribution in [2.24, 2.45) is 0 Å². The Morgan fingerprint density at radius 2 is 2.10 bits per heavy atom. The van der Waals surface area contributed by atoms with Crippen molar-refractivity contribution in [3.63, 3.8) is 0 Å². The summed E-state index contributed by atoms with van der Waals surface area (Å²) in [5.74, 6) is 0.910. The van der Waals surface area contributed by atoms with E-state index in [-0.39, 0.29) is 0 Å². The molecule has 0 aliphatic rings. The smallest absolute Gasteiger partial charge is 0.119 e. The van der Waals surface area contributed by atoms with Crippen LogP contribution in [0.15, 0.2) is 24.3 Å². The Kier molecular flexibility index (Phi) is 8.26. The first kappa shape index (κ1) is 17.0. The molecule has 0 radical (unpaired) electrons. The van der Waals surface area contributed by atoms with E-state index in [4.69, 9.17) is 9.47 Å². The second-order valence-electron chi connectivity index (χ2n) is 5.00. The third-order valence-corrected chi connectivity index (χ3v) is 3.33. The summed E-state index contributed by atoms with van der Waals surface area (Å²) in [6.07, 6.45) is 1.06. The Morgan fingerprint density at radius 1 is 1.30 bits per heavy atom. The maximum atomic E-state index is 5.31. The van der Waals surface area contributed by atoms with Gasteiger partial charge in [-0.25, -0.2) is 0 Å². The molecule has 1 N–H and O–H groups in total. The minimum atomic E-state index is 0.322. The molecule has 0 aliphatic heterocycles. The van der Waals surface area contributed by atoms with Crippen LogP contribution in [0.5, 0.6) is 5.75 Å². The van der Waals surface area contributed by atoms with Crippen LogP contribution in [0.2, 0.25) is 0 Å². The van der Waals surface area contributed by atoms with Crippen LogP contribution in [-0.2, 0) is 4.74 Å². The van der Waals surface area contributed by atoms with Gasteiger partial charge in [-0.1, -0.05) is 19.1 Å². The van der Waals surface area contributed by atoms with Crippen molar-refractivity contribution in [3.05, 3.63) is 29.8 Å². The lowest BCUT2D eigenvalue weighted by molar-refractivity contribution is 0.176. The van der Waals surface area contributed by atoms with Crippen LogP contribution in [0.4, 0.5) is 0 Å². The molecule has 1 aromatic rings. The quantitative estimate of drug-likeness (QED) is 0.667. The molecule has 0 heterocycles. The van der Waals surface area contributed by atoms with Crippen LogP contribution >= 0.6 is 0 Å². The highest BCUT2D eigenvalue weighted by Gasteiger charge is 2.13. The largest absolute Gasteiger partial charge is 0.497 e. The van der Waals surface area contributed by atoms with Gasteiger partial charge in [0.05, 0.1) is 7.11 Å². The van der Waals surface area contributed by atoms with Crippen molar-refractivity contribution in [2.45, 2.75) is 19.4 Å². The summed E-state index contributed by atoms with van der Waals surface area (Å²) < 4.78 is 10.4. The summed E-state index contributed by atoms with van der Waals surface area (Å²) in [6, 6.07) is 8.61. The van der Waals surface area contributed by atoms with Crippen LogP contribution in [0, 0.1) is 0 Å². The number of benzene rings is 1. The molecule has 0 saturated carbocycles. The molecule has 0 saturated heterocycles. The number of rotatable bonds is 10. The molecule has 0 amide bonds. The van der Waals surface area contributed by atoms with Crippen LogP contribution < -0.4 is 10.1 Å². The zero-order valence-corrected chi connectivity index (χ0v) is 13.2. The highest BCUT2D eigenvalue weighted by Crippen LogP contribution is 2.19. The molecule has 20 heavy (non-hydrogen) atoms. The molecular weight excluding hydrogens is 252 g/mol. The van der Waals surface area contributed by atoms with Gasteiger partial charge in [0.25, 0.3) is 0 Å². The fourth-order valence-electron chi connectivity index (χ4n) is 2.27. The van der Waals surface area contributed by atoms with Crippen molar-refractivity contribution in [1.82, 2.24) is 10.2 Å². The summed E-state index contributed by atoms with van der Waals surface area (Å²) in [7, 11) is 5.61. The molecule has 1 rings (SSSR count). The van der Waals surface area contributed by atoms with Crippen molar-refractivity contribution in [2.75, 3.05) is 47.5 Å². The number of likely N-dealkylation sites (N-methyl/N-ethyl adjacent to an activating group) is 2. The Bertz CT molecular complexity index is 371. The first-order chi connectivity index (χ1) is 9.71. The second-order valence-corrected chi connectivity index (χ2v) is 5.00. The summed E-state index contributed by atoms with van der Waals surface area (Å²) in [5.41, 5.74) is 1.27. The minimum absolute atomic E-state index is 0.322. The lowest BCUT2D eigenvalue weighted by atomic mass is 10.1. The van der Waals surface area contributed by atoms with E-state index in [2.05, 4.69) is 36.3 Å². The van der Waals surface area contributed by atoms with E-state index in [1.807, 2.05) is 12.1 Å². The van der Waals surface area contributed by atoms with Gasteiger partial charge in [0.15, 0.2) is 0 Å². The number of hydrogen-bond donors (Lipinski definition) is 1. The van der Waals surface area contributed by atoms with Crippen molar-refractivity contribution in [1.29, 1.82) is 0 Å². The molecule has 0 aromatic heterocycles. The van der Waals surface area contributed by atoms with Crippen LogP contribution in [0.25, 0.3) is 0 Å². The lowest BCUT2D eigenvalue weighted by Gasteiger charge is -2.25. The molecule has 1 aromatic carbocycles. The summed E-state index contributed by atoms with van der Waals surface area (Å²) >= 11 is 0. The van der Waals surface area contributed by atoms with Gasteiger partial charge >= 0.3 is 0 Å². The topological polar surface area (TPSA) is 33.7 Å². The highest BCUT2D eigenvalue weighted by molar-refractivity contribution is 5.30. The number of nitrogens with one attached hydrogen (secondary N) is 1. The molecule has 0 spiro atoms. The number of nitrogens with zero attached hydrogens (tertiary/aromatic N) is 1. The number of methoxy groups -OCH3 is 2. The Morgan fingerprint density at radius 3 is 2.75 bits per heavy atom. The van der Waals surface area contributed by atoms with E-state index in [0.717, 1.165) is 38.4 Å². The molecule has 0 bridgehead atoms. The molecule has 0 aliphatic carbocycles. The van der Waals surface area contributed by atoms with E-state index in [1.165, 1.54) is 5.56 Å². The summed E-state index contributed by atoms with van der Waals surface area (Å²) in [4.78, 5) is 2.34. The summed E-state index contributed by atoms with van der Waals surface area (Å²) in [6.45, 7) is 5.92. The summed E-state index contributed by atoms with van der Waals surface area (Å²) in [5, 5.41) is 3.54. The molecule has 0 fully saturated rings. The first-order valence-corrected chi connectivity index (χ1v) is 7.26. The predicted octanol–water partition coefficient (Wildman–Crippen LogP) is 2.31. The third kappa shape index (κ3) is 5.90. The Labute approximate surface area is 123 Å². The van der Waals surface area contributed by atoms with Gasteiger partial charge in [-0.3, -0.25) is 0 Å². The van der Waals surface area contributed by atoms with E-state index in [1.54, 1.807) is 14.2 Å². The number of ether oxygens (including phenoxy) is 2. The van der Waals surface area contributed by atoms with Gasteiger partial charge < -0.3 is 19.7 Å². The molecule has 114 valence electrons. The van der Waals surface area contributed by atoms with Crippen LogP contribution in [-0.4, -0.2) is 52.4 Å². The van der Waals surface area contributed by atoms with Crippen molar-refractivity contribution < 1.29 is 9.47 Å². The average molecular weight is 280 g/mol. The minimum Gasteiger partial charge on any atom is -0.497 e. The van der Waals surface area contributed by atoms with Crippen LogP contribution in [0.3, 0.4) is 0 Å². The van der Waals surface area contributed by atoms with Crippen molar-refractivity contribution in [3.8, 4) is 5.75 Å². The predicted molar refractivity (Wildman–Crippen MR) is 83.4 cm³/mol. The van der Waals surface area contributed by atoms with Gasteiger partial charge in [0.2, 0.25) is 0 Å².